The Morgan fingerprint density at radius 3 is 2.39 bits per heavy atom. The maximum atomic E-state index is 13.0. The quantitative estimate of drug-likeness (QED) is 0.720. The lowest BCUT2D eigenvalue weighted by Gasteiger charge is -2.27. The predicted octanol–water partition coefficient (Wildman–Crippen LogP) is 1.80. The summed E-state index contributed by atoms with van der Waals surface area (Å²) in [6.45, 7) is 0. The first-order chi connectivity index (χ1) is 10.7. The number of halogens is 1. The maximum absolute atomic E-state index is 13.0. The first kappa shape index (κ1) is 17.2. The highest BCUT2D eigenvalue weighted by molar-refractivity contribution is 9.10. The Morgan fingerprint density at radius 2 is 1.91 bits per heavy atom. The van der Waals surface area contributed by atoms with E-state index in [-0.39, 0.29) is 22.4 Å². The molecule has 0 aromatic heterocycles. The first-order valence-corrected chi connectivity index (χ1v) is 11.4. The molecule has 2 fully saturated rings. The lowest BCUT2D eigenvalue weighted by molar-refractivity contribution is 0.332. The summed E-state index contributed by atoms with van der Waals surface area (Å²) < 4.78 is 56.7. The second kappa shape index (κ2) is 6.02. The standard InChI is InChI=1S/C14H18BrNO5S2/c1-21-14-5-4-12(8-13(14)15)23(19,20)16(10-2-3-10)11-6-7-22(17,18)9-11/h4-5,8,10-11H,2-3,6-7,9H2,1H3/t11-/m1/s1. The number of sulfone groups is 1. The summed E-state index contributed by atoms with van der Waals surface area (Å²) in [5.41, 5.74) is 0. The number of ether oxygens (including phenoxy) is 1. The van der Waals surface area contributed by atoms with Crippen molar-refractivity contribution in [2.24, 2.45) is 0 Å². The van der Waals surface area contributed by atoms with E-state index >= 15 is 0 Å². The van der Waals surface area contributed by atoms with Crippen LogP contribution in [-0.4, -0.2) is 51.8 Å². The van der Waals surface area contributed by atoms with E-state index in [9.17, 15) is 16.8 Å². The van der Waals surface area contributed by atoms with Crippen molar-refractivity contribution >= 4 is 35.8 Å². The third kappa shape index (κ3) is 3.42. The lowest BCUT2D eigenvalue weighted by Crippen LogP contribution is -2.42. The minimum Gasteiger partial charge on any atom is -0.496 e. The Labute approximate surface area is 144 Å². The summed E-state index contributed by atoms with van der Waals surface area (Å²) in [6, 6.07) is 4.05. The smallest absolute Gasteiger partial charge is 0.243 e. The molecule has 1 aliphatic heterocycles. The van der Waals surface area contributed by atoms with E-state index in [1.54, 1.807) is 6.07 Å². The third-order valence-electron chi connectivity index (χ3n) is 4.17. The van der Waals surface area contributed by atoms with E-state index in [2.05, 4.69) is 15.9 Å². The van der Waals surface area contributed by atoms with Crippen LogP contribution in [0.1, 0.15) is 19.3 Å². The second-order valence-electron chi connectivity index (χ2n) is 5.92. The Balaban J connectivity index is 1.97. The normalized spacial score (nSPS) is 24.0. The van der Waals surface area contributed by atoms with E-state index in [1.165, 1.54) is 23.5 Å². The van der Waals surface area contributed by atoms with Crippen molar-refractivity contribution in [3.63, 3.8) is 0 Å². The molecule has 128 valence electrons. The van der Waals surface area contributed by atoms with Crippen LogP contribution < -0.4 is 4.74 Å². The first-order valence-electron chi connectivity index (χ1n) is 7.32. The van der Waals surface area contributed by atoms with Gasteiger partial charge in [0.2, 0.25) is 10.0 Å². The number of hydrogen-bond acceptors (Lipinski definition) is 5. The van der Waals surface area contributed by atoms with Crippen LogP contribution in [0.3, 0.4) is 0 Å². The van der Waals surface area contributed by atoms with Gasteiger partial charge < -0.3 is 4.74 Å². The number of benzene rings is 1. The molecule has 0 unspecified atom stereocenters. The molecule has 0 N–H and O–H groups in total. The van der Waals surface area contributed by atoms with Gasteiger partial charge in [0.1, 0.15) is 5.75 Å². The molecular weight excluding hydrogens is 406 g/mol. The molecule has 1 atom stereocenters. The van der Waals surface area contributed by atoms with Crippen LogP contribution in [0.15, 0.2) is 27.6 Å². The molecule has 1 aromatic carbocycles. The van der Waals surface area contributed by atoms with Crippen LogP contribution in [-0.2, 0) is 19.9 Å². The molecule has 1 aromatic rings. The topological polar surface area (TPSA) is 80.8 Å². The molecule has 0 radical (unpaired) electrons. The molecule has 0 amide bonds. The maximum Gasteiger partial charge on any atom is 0.243 e. The lowest BCUT2D eigenvalue weighted by atomic mass is 10.2. The summed E-state index contributed by atoms with van der Waals surface area (Å²) >= 11 is 3.30. The summed E-state index contributed by atoms with van der Waals surface area (Å²) in [4.78, 5) is 0.154. The van der Waals surface area contributed by atoms with E-state index in [4.69, 9.17) is 4.74 Å². The van der Waals surface area contributed by atoms with Gasteiger partial charge in [-0.3, -0.25) is 0 Å². The van der Waals surface area contributed by atoms with Gasteiger partial charge in [0.15, 0.2) is 9.84 Å². The van der Waals surface area contributed by atoms with Crippen LogP contribution >= 0.6 is 15.9 Å². The van der Waals surface area contributed by atoms with E-state index in [0.717, 1.165) is 12.8 Å². The van der Waals surface area contributed by atoms with Crippen molar-refractivity contribution in [3.8, 4) is 5.75 Å². The zero-order chi connectivity index (χ0) is 16.8. The van der Waals surface area contributed by atoms with Crippen molar-refractivity contribution < 1.29 is 21.6 Å². The van der Waals surface area contributed by atoms with Crippen LogP contribution in [0.4, 0.5) is 0 Å². The number of rotatable bonds is 5. The third-order valence-corrected chi connectivity index (χ3v) is 8.54. The molecule has 1 heterocycles. The van der Waals surface area contributed by atoms with Crippen LogP contribution in [0.25, 0.3) is 0 Å². The number of methoxy groups -OCH3 is 1. The summed E-state index contributed by atoms with van der Waals surface area (Å²) in [6.07, 6.45) is 1.94. The van der Waals surface area contributed by atoms with Crippen LogP contribution in [0.5, 0.6) is 5.75 Å². The van der Waals surface area contributed by atoms with Crippen molar-refractivity contribution in [1.29, 1.82) is 0 Å². The van der Waals surface area contributed by atoms with Crippen molar-refractivity contribution in [3.05, 3.63) is 22.7 Å². The molecule has 1 saturated heterocycles. The van der Waals surface area contributed by atoms with E-state index < -0.39 is 25.9 Å². The molecule has 0 spiro atoms. The van der Waals surface area contributed by atoms with Gasteiger partial charge in [-0.05, 0) is 53.4 Å². The highest BCUT2D eigenvalue weighted by Crippen LogP contribution is 2.38. The van der Waals surface area contributed by atoms with Crippen LogP contribution in [0.2, 0.25) is 0 Å². The van der Waals surface area contributed by atoms with E-state index in [0.29, 0.717) is 16.6 Å². The van der Waals surface area contributed by atoms with Gasteiger partial charge in [0.25, 0.3) is 0 Å². The Morgan fingerprint density at radius 1 is 1.22 bits per heavy atom. The molecule has 2 aliphatic rings. The van der Waals surface area contributed by atoms with Gasteiger partial charge >= 0.3 is 0 Å². The van der Waals surface area contributed by atoms with Crippen molar-refractivity contribution in [2.75, 3.05) is 18.6 Å². The Kier molecular flexibility index (Phi) is 4.50. The van der Waals surface area contributed by atoms with Crippen molar-refractivity contribution in [2.45, 2.75) is 36.2 Å². The Hall–Kier alpha value is -0.640. The van der Waals surface area contributed by atoms with Gasteiger partial charge in [0.05, 0.1) is 28.0 Å². The highest BCUT2D eigenvalue weighted by atomic mass is 79.9. The summed E-state index contributed by atoms with van der Waals surface area (Å²) in [5, 5.41) is 0. The predicted molar refractivity (Wildman–Crippen MR) is 89.8 cm³/mol. The molecule has 0 bridgehead atoms. The largest absolute Gasteiger partial charge is 0.496 e. The molecule has 23 heavy (non-hydrogen) atoms. The summed E-state index contributed by atoms with van der Waals surface area (Å²) in [5.74, 6) is 0.522. The SMILES string of the molecule is COc1ccc(S(=O)(=O)N(C2CC2)[C@@H]2CCS(=O)(=O)C2)cc1Br. The fraction of sp³-hybridized carbons (Fsp3) is 0.571. The average molecular weight is 424 g/mol. The van der Waals surface area contributed by atoms with Gasteiger partial charge in [-0.2, -0.15) is 4.31 Å². The monoisotopic (exact) mass is 423 g/mol. The molecule has 9 heteroatoms. The zero-order valence-electron chi connectivity index (χ0n) is 12.6. The van der Waals surface area contributed by atoms with Gasteiger partial charge in [-0.1, -0.05) is 0 Å². The molecule has 1 saturated carbocycles. The van der Waals surface area contributed by atoms with Gasteiger partial charge in [0, 0.05) is 12.1 Å². The number of nitrogens with zero attached hydrogens (tertiary/aromatic N) is 1. The minimum atomic E-state index is -3.74. The Bertz CT molecular complexity index is 818. The fourth-order valence-corrected chi connectivity index (χ4v) is 7.35. The minimum absolute atomic E-state index is 0.0582. The van der Waals surface area contributed by atoms with Gasteiger partial charge in [-0.25, -0.2) is 16.8 Å². The number of sulfonamides is 1. The molecule has 6 nitrogen and oxygen atoms in total. The summed E-state index contributed by atoms with van der Waals surface area (Å²) in [7, 11) is -5.37. The zero-order valence-corrected chi connectivity index (χ0v) is 15.8. The fourth-order valence-electron chi connectivity index (χ4n) is 2.93. The molecular formula is C14H18BrNO5S2. The highest BCUT2D eigenvalue weighted by Gasteiger charge is 2.46. The number of hydrogen-bond donors (Lipinski definition) is 0. The second-order valence-corrected chi connectivity index (χ2v) is 10.8. The average Bonchev–Trinajstić information content (AvgIpc) is 3.22. The molecule has 1 aliphatic carbocycles. The van der Waals surface area contributed by atoms with Crippen molar-refractivity contribution in [1.82, 2.24) is 4.31 Å². The van der Waals surface area contributed by atoms with E-state index in [1.807, 2.05) is 0 Å². The van der Waals surface area contributed by atoms with Crippen LogP contribution in [0, 0.1) is 0 Å². The molecule has 3 rings (SSSR count). The van der Waals surface area contributed by atoms with Gasteiger partial charge in [-0.15, -0.1) is 0 Å².